The Morgan fingerprint density at radius 3 is 2.78 bits per heavy atom. The number of rotatable bonds is 6. The van der Waals surface area contributed by atoms with Crippen molar-refractivity contribution in [2.24, 2.45) is 0 Å². The predicted octanol–water partition coefficient (Wildman–Crippen LogP) is 2.21. The summed E-state index contributed by atoms with van der Waals surface area (Å²) in [6.07, 6.45) is -3.97. The van der Waals surface area contributed by atoms with Crippen molar-refractivity contribution in [1.82, 2.24) is 19.9 Å². The molecule has 2 aromatic rings. The van der Waals surface area contributed by atoms with E-state index in [2.05, 4.69) is 15.4 Å². The number of nitrogens with zero attached hydrogens (tertiary/aromatic N) is 3. The largest absolute Gasteiger partial charge is 0.433 e. The van der Waals surface area contributed by atoms with Crippen molar-refractivity contribution in [3.05, 3.63) is 29.2 Å². The zero-order chi connectivity index (χ0) is 17.0. The lowest BCUT2D eigenvalue weighted by atomic mass is 10.3. The van der Waals surface area contributed by atoms with Crippen LogP contribution in [0.15, 0.2) is 12.1 Å². The third-order valence-electron chi connectivity index (χ3n) is 3.03. The van der Waals surface area contributed by atoms with E-state index in [1.165, 1.54) is 13.0 Å². The van der Waals surface area contributed by atoms with Gasteiger partial charge in [0.15, 0.2) is 11.3 Å². The molecule has 0 saturated heterocycles. The van der Waals surface area contributed by atoms with E-state index in [0.29, 0.717) is 30.7 Å². The fraction of sp³-hybridized carbons (Fsp3) is 0.500. The maximum atomic E-state index is 13.0. The van der Waals surface area contributed by atoms with E-state index in [1.54, 1.807) is 0 Å². The van der Waals surface area contributed by atoms with Gasteiger partial charge in [0.2, 0.25) is 0 Å². The van der Waals surface area contributed by atoms with E-state index < -0.39 is 17.8 Å². The molecule has 0 atom stereocenters. The lowest BCUT2D eigenvalue weighted by Crippen LogP contribution is -2.25. The number of aryl methyl sites for hydroxylation is 1. The first kappa shape index (κ1) is 17.2. The molecule has 6 nitrogen and oxygen atoms in total. The quantitative estimate of drug-likeness (QED) is 0.825. The molecule has 0 aliphatic rings. The van der Waals surface area contributed by atoms with Crippen molar-refractivity contribution in [3.8, 4) is 0 Å². The molecule has 2 heterocycles. The number of hydrogen-bond acceptors (Lipinski definition) is 4. The molecular formula is C14H17F3N4O2. The molecule has 0 radical (unpaired) electrons. The Morgan fingerprint density at radius 1 is 1.39 bits per heavy atom. The minimum atomic E-state index is -4.58. The Hall–Kier alpha value is -2.16. The van der Waals surface area contributed by atoms with Crippen LogP contribution in [-0.2, 0) is 10.9 Å². The Labute approximate surface area is 130 Å². The summed E-state index contributed by atoms with van der Waals surface area (Å²) in [7, 11) is 0. The first-order valence-electron chi connectivity index (χ1n) is 7.13. The van der Waals surface area contributed by atoms with E-state index in [-0.39, 0.29) is 17.0 Å². The van der Waals surface area contributed by atoms with E-state index in [4.69, 9.17) is 4.74 Å². The summed E-state index contributed by atoms with van der Waals surface area (Å²) in [5, 5.41) is 6.31. The molecule has 9 heteroatoms. The van der Waals surface area contributed by atoms with Crippen molar-refractivity contribution < 1.29 is 22.7 Å². The first-order chi connectivity index (χ1) is 10.8. The molecular weight excluding hydrogens is 313 g/mol. The number of amides is 1. The maximum absolute atomic E-state index is 13.0. The molecule has 1 N–H and O–H groups in total. The second-order valence-corrected chi connectivity index (χ2v) is 4.89. The average molecular weight is 330 g/mol. The lowest BCUT2D eigenvalue weighted by molar-refractivity contribution is -0.142. The third-order valence-corrected chi connectivity index (χ3v) is 3.03. The van der Waals surface area contributed by atoms with Crippen LogP contribution in [0.2, 0.25) is 0 Å². The SMILES string of the molecule is CCOCCCNC(=O)c1cc2nc(C)cc(C(F)(F)F)n2n1. The average Bonchev–Trinajstić information content (AvgIpc) is 2.88. The van der Waals surface area contributed by atoms with Crippen molar-refractivity contribution in [2.75, 3.05) is 19.8 Å². The number of ether oxygens (including phenoxy) is 1. The van der Waals surface area contributed by atoms with Gasteiger partial charge in [-0.25, -0.2) is 9.50 Å². The standard InChI is InChI=1S/C14H17F3N4O2/c1-3-23-6-4-5-18-13(22)10-8-12-19-9(2)7-11(14(15,16)17)21(12)20-10/h7-8H,3-6H2,1-2H3,(H,18,22). The van der Waals surface area contributed by atoms with Gasteiger partial charge >= 0.3 is 6.18 Å². The minimum Gasteiger partial charge on any atom is -0.382 e. The lowest BCUT2D eigenvalue weighted by Gasteiger charge is -2.09. The smallest absolute Gasteiger partial charge is 0.382 e. The van der Waals surface area contributed by atoms with Crippen molar-refractivity contribution in [2.45, 2.75) is 26.4 Å². The summed E-state index contributed by atoms with van der Waals surface area (Å²) >= 11 is 0. The molecule has 0 aliphatic heterocycles. The highest BCUT2D eigenvalue weighted by atomic mass is 19.4. The van der Waals surface area contributed by atoms with Crippen LogP contribution in [0.3, 0.4) is 0 Å². The Morgan fingerprint density at radius 2 is 2.13 bits per heavy atom. The number of nitrogens with one attached hydrogen (secondary N) is 1. The van der Waals surface area contributed by atoms with E-state index >= 15 is 0 Å². The molecule has 0 unspecified atom stereocenters. The molecule has 1 amide bonds. The van der Waals surface area contributed by atoms with Gasteiger partial charge in [-0.2, -0.15) is 18.3 Å². The van der Waals surface area contributed by atoms with Crippen LogP contribution >= 0.6 is 0 Å². The summed E-state index contributed by atoms with van der Waals surface area (Å²) in [4.78, 5) is 15.9. The number of hydrogen-bond donors (Lipinski definition) is 1. The number of carbonyl (C=O) groups is 1. The fourth-order valence-corrected chi connectivity index (χ4v) is 2.02. The van der Waals surface area contributed by atoms with Crippen LogP contribution in [0.4, 0.5) is 13.2 Å². The molecule has 0 aliphatic carbocycles. The molecule has 2 rings (SSSR count). The minimum absolute atomic E-state index is 0.0169. The van der Waals surface area contributed by atoms with E-state index in [0.717, 1.165) is 6.07 Å². The van der Waals surface area contributed by atoms with Crippen molar-refractivity contribution in [3.63, 3.8) is 0 Å². The molecule has 126 valence electrons. The van der Waals surface area contributed by atoms with Crippen molar-refractivity contribution in [1.29, 1.82) is 0 Å². The monoisotopic (exact) mass is 330 g/mol. The summed E-state index contributed by atoms with van der Waals surface area (Å²) in [6.45, 7) is 4.76. The van der Waals surface area contributed by atoms with Crippen LogP contribution in [0.25, 0.3) is 5.65 Å². The highest BCUT2D eigenvalue weighted by molar-refractivity contribution is 5.93. The zero-order valence-electron chi connectivity index (χ0n) is 12.8. The Kier molecular flexibility index (Phi) is 5.19. The molecule has 0 aromatic carbocycles. The molecule has 2 aromatic heterocycles. The van der Waals surface area contributed by atoms with Gasteiger partial charge in [0.25, 0.3) is 5.91 Å². The number of fused-ring (bicyclic) bond motifs is 1. The Balaban J connectivity index is 2.18. The number of alkyl halides is 3. The first-order valence-corrected chi connectivity index (χ1v) is 7.13. The molecule has 0 saturated carbocycles. The van der Waals surface area contributed by atoms with Crippen LogP contribution in [-0.4, -0.2) is 40.3 Å². The van der Waals surface area contributed by atoms with Gasteiger partial charge in [-0.05, 0) is 26.3 Å². The zero-order valence-corrected chi connectivity index (χ0v) is 12.8. The molecule has 23 heavy (non-hydrogen) atoms. The molecule has 0 spiro atoms. The van der Waals surface area contributed by atoms with Crippen LogP contribution in [0.1, 0.15) is 35.2 Å². The number of carbonyl (C=O) groups excluding carboxylic acids is 1. The van der Waals surface area contributed by atoms with Gasteiger partial charge in [0.1, 0.15) is 5.69 Å². The highest BCUT2D eigenvalue weighted by Crippen LogP contribution is 2.29. The number of halogens is 3. The van der Waals surface area contributed by atoms with Gasteiger partial charge in [-0.15, -0.1) is 0 Å². The normalized spacial score (nSPS) is 11.9. The third kappa shape index (κ3) is 4.19. The topological polar surface area (TPSA) is 68.5 Å². The van der Waals surface area contributed by atoms with E-state index in [9.17, 15) is 18.0 Å². The second-order valence-electron chi connectivity index (χ2n) is 4.89. The van der Waals surface area contributed by atoms with Crippen molar-refractivity contribution >= 4 is 11.6 Å². The fourth-order valence-electron chi connectivity index (χ4n) is 2.02. The summed E-state index contributed by atoms with van der Waals surface area (Å²) in [6, 6.07) is 2.13. The van der Waals surface area contributed by atoms with Gasteiger partial charge in [0.05, 0.1) is 0 Å². The van der Waals surface area contributed by atoms with Gasteiger partial charge in [0, 0.05) is 31.5 Å². The summed E-state index contributed by atoms with van der Waals surface area (Å²) < 4.78 is 44.8. The Bertz CT molecular complexity index is 697. The highest BCUT2D eigenvalue weighted by Gasteiger charge is 2.35. The summed E-state index contributed by atoms with van der Waals surface area (Å²) in [5.74, 6) is -0.544. The van der Waals surface area contributed by atoms with Crippen LogP contribution in [0, 0.1) is 6.92 Å². The van der Waals surface area contributed by atoms with Crippen LogP contribution in [0.5, 0.6) is 0 Å². The molecule has 0 fully saturated rings. The van der Waals surface area contributed by atoms with Crippen LogP contribution < -0.4 is 5.32 Å². The van der Waals surface area contributed by atoms with E-state index in [1.807, 2.05) is 6.92 Å². The van der Waals surface area contributed by atoms with Gasteiger partial charge in [-0.1, -0.05) is 0 Å². The number of aromatic nitrogens is 3. The molecule has 0 bridgehead atoms. The predicted molar refractivity (Wildman–Crippen MR) is 76.2 cm³/mol. The maximum Gasteiger partial charge on any atom is 0.433 e. The van der Waals surface area contributed by atoms with Gasteiger partial charge < -0.3 is 10.1 Å². The second kappa shape index (κ2) is 6.95. The summed E-state index contributed by atoms with van der Waals surface area (Å²) in [5.41, 5.74) is -0.884. The van der Waals surface area contributed by atoms with Gasteiger partial charge in [-0.3, -0.25) is 4.79 Å².